The first-order valence-electron chi connectivity index (χ1n) is 6.50. The number of hydrogen-bond donors (Lipinski definition) is 1. The molecule has 1 saturated heterocycles. The quantitative estimate of drug-likeness (QED) is 0.871. The zero-order valence-corrected chi connectivity index (χ0v) is 11.3. The molecule has 4 heteroatoms. The Labute approximate surface area is 103 Å². The van der Waals surface area contributed by atoms with Gasteiger partial charge in [-0.15, -0.1) is 0 Å². The molecular formula is C13H23N3O. The summed E-state index contributed by atoms with van der Waals surface area (Å²) in [6.45, 7) is 11.4. The number of nitrogens with zero attached hydrogens (tertiary/aromatic N) is 2. The Morgan fingerprint density at radius 3 is 2.82 bits per heavy atom. The Bertz CT molecular complexity index is 355. The molecule has 2 atom stereocenters. The molecule has 0 spiro atoms. The van der Waals surface area contributed by atoms with Gasteiger partial charge in [0.1, 0.15) is 5.76 Å². The summed E-state index contributed by atoms with van der Waals surface area (Å²) in [5, 5.41) is 3.52. The van der Waals surface area contributed by atoms with Crippen molar-refractivity contribution in [2.45, 2.75) is 52.7 Å². The fraction of sp³-hybridized carbons (Fsp3) is 0.769. The average molecular weight is 237 g/mol. The molecule has 1 aromatic heterocycles. The van der Waals surface area contributed by atoms with Gasteiger partial charge in [0.15, 0.2) is 0 Å². The van der Waals surface area contributed by atoms with E-state index in [9.17, 15) is 0 Å². The summed E-state index contributed by atoms with van der Waals surface area (Å²) in [7, 11) is 0. The number of oxazole rings is 1. The van der Waals surface area contributed by atoms with Crippen molar-refractivity contribution in [2.24, 2.45) is 0 Å². The molecule has 1 N–H and O–H groups in total. The van der Waals surface area contributed by atoms with Crippen molar-refractivity contribution in [3.05, 3.63) is 17.3 Å². The van der Waals surface area contributed by atoms with Crippen LogP contribution in [0.25, 0.3) is 0 Å². The van der Waals surface area contributed by atoms with Gasteiger partial charge in [0, 0.05) is 25.2 Å². The van der Waals surface area contributed by atoms with E-state index in [4.69, 9.17) is 4.42 Å². The third kappa shape index (κ3) is 2.87. The predicted molar refractivity (Wildman–Crippen MR) is 67.9 cm³/mol. The summed E-state index contributed by atoms with van der Waals surface area (Å²) in [6.07, 6.45) is 1.17. The summed E-state index contributed by atoms with van der Waals surface area (Å²) in [5.74, 6) is 1.80. The van der Waals surface area contributed by atoms with Crippen LogP contribution < -0.4 is 5.32 Å². The van der Waals surface area contributed by atoms with Crippen LogP contribution in [0.1, 0.15) is 37.6 Å². The minimum absolute atomic E-state index is 0.551. The van der Waals surface area contributed by atoms with Gasteiger partial charge in [0.2, 0.25) is 5.89 Å². The van der Waals surface area contributed by atoms with E-state index in [0.717, 1.165) is 37.0 Å². The third-order valence-corrected chi connectivity index (χ3v) is 3.61. The first-order valence-corrected chi connectivity index (χ1v) is 6.50. The van der Waals surface area contributed by atoms with Crippen LogP contribution in [0.4, 0.5) is 0 Å². The molecule has 1 aliphatic heterocycles. The van der Waals surface area contributed by atoms with Crippen molar-refractivity contribution in [1.82, 2.24) is 15.2 Å². The Morgan fingerprint density at radius 1 is 1.47 bits per heavy atom. The van der Waals surface area contributed by atoms with Crippen LogP contribution in [0.5, 0.6) is 0 Å². The summed E-state index contributed by atoms with van der Waals surface area (Å²) >= 11 is 0. The molecule has 0 aliphatic carbocycles. The summed E-state index contributed by atoms with van der Waals surface area (Å²) < 4.78 is 5.67. The zero-order valence-electron chi connectivity index (χ0n) is 11.3. The van der Waals surface area contributed by atoms with Crippen LogP contribution >= 0.6 is 0 Å². The molecule has 1 aromatic rings. The van der Waals surface area contributed by atoms with Gasteiger partial charge in [-0.1, -0.05) is 6.92 Å². The van der Waals surface area contributed by atoms with Gasteiger partial charge < -0.3 is 9.73 Å². The van der Waals surface area contributed by atoms with Crippen molar-refractivity contribution < 1.29 is 4.42 Å². The summed E-state index contributed by atoms with van der Waals surface area (Å²) in [4.78, 5) is 6.95. The van der Waals surface area contributed by atoms with Gasteiger partial charge in [0.25, 0.3) is 0 Å². The van der Waals surface area contributed by atoms with E-state index >= 15 is 0 Å². The van der Waals surface area contributed by atoms with Crippen LogP contribution in [0.2, 0.25) is 0 Å². The molecule has 0 radical (unpaired) electrons. The highest BCUT2D eigenvalue weighted by molar-refractivity contribution is 5.05. The topological polar surface area (TPSA) is 41.3 Å². The summed E-state index contributed by atoms with van der Waals surface area (Å²) in [5.41, 5.74) is 1.01. The highest BCUT2D eigenvalue weighted by Crippen LogP contribution is 2.16. The highest BCUT2D eigenvalue weighted by atomic mass is 16.4. The van der Waals surface area contributed by atoms with E-state index in [1.807, 2.05) is 13.8 Å². The highest BCUT2D eigenvalue weighted by Gasteiger charge is 2.25. The van der Waals surface area contributed by atoms with Crippen molar-refractivity contribution in [2.75, 3.05) is 13.1 Å². The average Bonchev–Trinajstić information content (AvgIpc) is 2.58. The normalized spacial score (nSPS) is 26.4. The van der Waals surface area contributed by atoms with Crippen LogP contribution in [-0.4, -0.2) is 35.1 Å². The maximum absolute atomic E-state index is 5.67. The lowest BCUT2D eigenvalue weighted by Gasteiger charge is -2.38. The van der Waals surface area contributed by atoms with Crippen LogP contribution in [0.3, 0.4) is 0 Å². The lowest BCUT2D eigenvalue weighted by molar-refractivity contribution is 0.113. The van der Waals surface area contributed by atoms with E-state index < -0.39 is 0 Å². The SMILES string of the molecule is CCC1CNC(C)CN1Cc1nc(C)c(C)o1. The fourth-order valence-corrected chi connectivity index (χ4v) is 2.41. The molecule has 0 saturated carbocycles. The van der Waals surface area contributed by atoms with E-state index in [0.29, 0.717) is 12.1 Å². The zero-order chi connectivity index (χ0) is 12.4. The monoisotopic (exact) mass is 237 g/mol. The lowest BCUT2D eigenvalue weighted by atomic mass is 10.1. The Balaban J connectivity index is 2.04. The molecule has 0 amide bonds. The van der Waals surface area contributed by atoms with E-state index in [1.54, 1.807) is 0 Å². The van der Waals surface area contributed by atoms with Gasteiger partial charge in [-0.05, 0) is 27.2 Å². The molecule has 17 heavy (non-hydrogen) atoms. The number of hydrogen-bond acceptors (Lipinski definition) is 4. The van der Waals surface area contributed by atoms with Crippen molar-refractivity contribution >= 4 is 0 Å². The van der Waals surface area contributed by atoms with Crippen LogP contribution in [0, 0.1) is 13.8 Å². The number of aromatic nitrogens is 1. The van der Waals surface area contributed by atoms with E-state index in [-0.39, 0.29) is 0 Å². The number of piperazine rings is 1. The first-order chi connectivity index (χ1) is 8.10. The molecule has 0 bridgehead atoms. The number of nitrogens with one attached hydrogen (secondary N) is 1. The molecule has 4 nitrogen and oxygen atoms in total. The Kier molecular flexibility index (Phi) is 3.84. The van der Waals surface area contributed by atoms with Crippen molar-refractivity contribution in [3.63, 3.8) is 0 Å². The maximum Gasteiger partial charge on any atom is 0.208 e. The molecular weight excluding hydrogens is 214 g/mol. The molecule has 96 valence electrons. The van der Waals surface area contributed by atoms with Gasteiger partial charge in [-0.25, -0.2) is 4.98 Å². The van der Waals surface area contributed by atoms with Crippen molar-refractivity contribution in [3.8, 4) is 0 Å². The first kappa shape index (κ1) is 12.6. The molecule has 0 aromatic carbocycles. The van der Waals surface area contributed by atoms with Crippen molar-refractivity contribution in [1.29, 1.82) is 0 Å². The maximum atomic E-state index is 5.67. The molecule has 1 fully saturated rings. The second-order valence-corrected chi connectivity index (χ2v) is 5.05. The summed E-state index contributed by atoms with van der Waals surface area (Å²) in [6, 6.07) is 1.15. The standard InChI is InChI=1S/C13H23N3O/c1-5-12-6-14-9(2)7-16(12)8-13-15-10(3)11(4)17-13/h9,12,14H,5-8H2,1-4H3. The smallest absolute Gasteiger partial charge is 0.208 e. The van der Waals surface area contributed by atoms with Gasteiger partial charge in [0.05, 0.1) is 12.2 Å². The molecule has 2 unspecified atom stereocenters. The largest absolute Gasteiger partial charge is 0.444 e. The predicted octanol–water partition coefficient (Wildman–Crippen LogP) is 1.86. The Hall–Kier alpha value is -0.870. The van der Waals surface area contributed by atoms with Crippen LogP contribution in [0.15, 0.2) is 4.42 Å². The van der Waals surface area contributed by atoms with E-state index in [1.165, 1.54) is 6.42 Å². The second kappa shape index (κ2) is 5.19. The Morgan fingerprint density at radius 2 is 2.24 bits per heavy atom. The van der Waals surface area contributed by atoms with Gasteiger partial charge >= 0.3 is 0 Å². The second-order valence-electron chi connectivity index (χ2n) is 5.05. The minimum Gasteiger partial charge on any atom is -0.444 e. The fourth-order valence-electron chi connectivity index (χ4n) is 2.41. The number of aryl methyl sites for hydroxylation is 2. The third-order valence-electron chi connectivity index (χ3n) is 3.61. The van der Waals surface area contributed by atoms with Gasteiger partial charge in [-0.2, -0.15) is 0 Å². The van der Waals surface area contributed by atoms with Gasteiger partial charge in [-0.3, -0.25) is 4.90 Å². The minimum atomic E-state index is 0.551. The van der Waals surface area contributed by atoms with E-state index in [2.05, 4.69) is 29.0 Å². The number of rotatable bonds is 3. The van der Waals surface area contributed by atoms with Crippen LogP contribution in [-0.2, 0) is 6.54 Å². The lowest BCUT2D eigenvalue weighted by Crippen LogP contribution is -2.54. The molecule has 1 aliphatic rings. The molecule has 2 heterocycles. The molecule has 2 rings (SSSR count).